The lowest BCUT2D eigenvalue weighted by Gasteiger charge is -2.18. The Hall–Kier alpha value is -3.35. The molecule has 0 aliphatic rings. The highest BCUT2D eigenvalue weighted by atomic mass is 16.6. The highest BCUT2D eigenvalue weighted by Gasteiger charge is 2.16. The lowest BCUT2D eigenvalue weighted by molar-refractivity contribution is 0.150. The summed E-state index contributed by atoms with van der Waals surface area (Å²) in [6.45, 7) is 2.48. The maximum Gasteiger partial charge on any atom is 0.415 e. The average molecular weight is 335 g/mol. The van der Waals surface area contributed by atoms with E-state index in [2.05, 4.69) is 20.4 Å². The molecule has 0 unspecified atom stereocenters. The number of benzene rings is 2. The second kappa shape index (κ2) is 7.96. The van der Waals surface area contributed by atoms with Crippen LogP contribution in [-0.2, 0) is 6.54 Å². The van der Waals surface area contributed by atoms with Gasteiger partial charge in [-0.2, -0.15) is 0 Å². The van der Waals surface area contributed by atoms with E-state index in [1.54, 1.807) is 24.3 Å². The van der Waals surface area contributed by atoms with Crippen LogP contribution in [0.3, 0.4) is 0 Å². The summed E-state index contributed by atoms with van der Waals surface area (Å²) >= 11 is 0. The smallest absolute Gasteiger partial charge is 0.410 e. The van der Waals surface area contributed by atoms with Gasteiger partial charge in [-0.3, -0.25) is 0 Å². The van der Waals surface area contributed by atoms with Gasteiger partial charge in [0.2, 0.25) is 5.82 Å². The summed E-state index contributed by atoms with van der Waals surface area (Å²) in [5, 5.41) is 16.3. The number of hydrogen-bond acceptors (Lipinski definition) is 6. The van der Waals surface area contributed by atoms with Crippen LogP contribution in [0, 0.1) is 0 Å². The third kappa shape index (κ3) is 4.35. The van der Waals surface area contributed by atoms with Crippen LogP contribution in [0.25, 0.3) is 11.4 Å². The minimum atomic E-state index is -0.468. The van der Waals surface area contributed by atoms with Gasteiger partial charge in [0.15, 0.2) is 5.82 Å². The topological polar surface area (TPSA) is 81.1 Å². The van der Waals surface area contributed by atoms with Crippen molar-refractivity contribution in [2.24, 2.45) is 0 Å². The number of amides is 1. The molecule has 0 radical (unpaired) electrons. The van der Waals surface area contributed by atoms with Crippen LogP contribution >= 0.6 is 0 Å². The van der Waals surface area contributed by atoms with E-state index in [4.69, 9.17) is 4.74 Å². The zero-order chi connectivity index (χ0) is 17.5. The van der Waals surface area contributed by atoms with E-state index in [-0.39, 0.29) is 6.54 Å². The predicted octanol–water partition coefficient (Wildman–Crippen LogP) is 2.95. The van der Waals surface area contributed by atoms with Gasteiger partial charge in [-0.25, -0.2) is 4.79 Å². The monoisotopic (exact) mass is 335 g/mol. The Morgan fingerprint density at radius 1 is 0.920 bits per heavy atom. The van der Waals surface area contributed by atoms with Gasteiger partial charge in [0, 0.05) is 12.1 Å². The zero-order valence-corrected chi connectivity index (χ0v) is 13.7. The first kappa shape index (κ1) is 16.5. The van der Waals surface area contributed by atoms with Gasteiger partial charge >= 0.3 is 6.09 Å². The van der Waals surface area contributed by atoms with Crippen LogP contribution in [0.5, 0.6) is 5.75 Å². The second-order valence-electron chi connectivity index (χ2n) is 5.20. The molecule has 1 amide bonds. The molecule has 7 heteroatoms. The summed E-state index contributed by atoms with van der Waals surface area (Å²) < 4.78 is 5.32. The van der Waals surface area contributed by atoms with Crippen molar-refractivity contribution in [1.29, 1.82) is 0 Å². The molecule has 0 atom stereocenters. The first-order chi connectivity index (χ1) is 12.3. The predicted molar refractivity (Wildman–Crippen MR) is 91.6 cm³/mol. The molecule has 0 saturated heterocycles. The molecule has 0 saturated carbocycles. The molecular formula is C18H17N5O2. The number of hydrogen-bond donors (Lipinski definition) is 0. The Kier molecular flexibility index (Phi) is 5.26. The van der Waals surface area contributed by atoms with Crippen LogP contribution in [0.4, 0.5) is 4.79 Å². The highest BCUT2D eigenvalue weighted by Crippen LogP contribution is 2.13. The third-order valence-electron chi connectivity index (χ3n) is 3.47. The minimum absolute atomic E-state index is 0.178. The Labute approximate surface area is 145 Å². The molecule has 0 aliphatic heterocycles. The molecular weight excluding hydrogens is 318 g/mol. The van der Waals surface area contributed by atoms with Gasteiger partial charge in [0.25, 0.3) is 0 Å². The lowest BCUT2D eigenvalue weighted by Crippen LogP contribution is -2.33. The lowest BCUT2D eigenvalue weighted by atomic mass is 10.2. The van der Waals surface area contributed by atoms with E-state index in [0.717, 1.165) is 5.56 Å². The molecule has 3 rings (SSSR count). The first-order valence-electron chi connectivity index (χ1n) is 7.89. The fourth-order valence-electron chi connectivity index (χ4n) is 2.15. The fourth-order valence-corrected chi connectivity index (χ4v) is 2.15. The SMILES string of the molecule is CCN(Cc1nnc(-c2ccccc2)nn1)C(=O)Oc1ccccc1. The summed E-state index contributed by atoms with van der Waals surface area (Å²) in [4.78, 5) is 13.7. The van der Waals surface area contributed by atoms with E-state index in [9.17, 15) is 4.79 Å². The number of aromatic nitrogens is 4. The van der Waals surface area contributed by atoms with E-state index in [1.165, 1.54) is 4.90 Å². The molecule has 0 fully saturated rings. The van der Waals surface area contributed by atoms with E-state index < -0.39 is 6.09 Å². The molecule has 1 aromatic heterocycles. The Bertz CT molecular complexity index is 810. The van der Waals surface area contributed by atoms with Gasteiger partial charge in [0.1, 0.15) is 5.75 Å². The van der Waals surface area contributed by atoms with Crippen molar-refractivity contribution < 1.29 is 9.53 Å². The summed E-state index contributed by atoms with van der Waals surface area (Å²) in [6, 6.07) is 18.4. The van der Waals surface area contributed by atoms with Crippen LogP contribution in [0.15, 0.2) is 60.7 Å². The number of carbonyl (C=O) groups excluding carboxylic acids is 1. The standard InChI is InChI=1S/C18H17N5O2/c1-2-23(18(24)25-15-11-7-4-8-12-15)13-16-19-21-17(22-20-16)14-9-5-3-6-10-14/h3-12H,2,13H2,1H3. The van der Waals surface area contributed by atoms with Crippen molar-refractivity contribution in [2.75, 3.05) is 6.54 Å². The van der Waals surface area contributed by atoms with Gasteiger partial charge in [-0.1, -0.05) is 48.5 Å². The average Bonchev–Trinajstić information content (AvgIpc) is 2.68. The van der Waals surface area contributed by atoms with Gasteiger partial charge in [-0.15, -0.1) is 20.4 Å². The molecule has 0 spiro atoms. The number of rotatable bonds is 5. The molecule has 0 bridgehead atoms. The van der Waals surface area contributed by atoms with Crippen molar-refractivity contribution in [3.63, 3.8) is 0 Å². The van der Waals surface area contributed by atoms with Gasteiger partial charge in [-0.05, 0) is 19.1 Å². The molecule has 3 aromatic rings. The molecule has 126 valence electrons. The van der Waals surface area contributed by atoms with Crippen LogP contribution in [0.2, 0.25) is 0 Å². The van der Waals surface area contributed by atoms with Crippen molar-refractivity contribution in [1.82, 2.24) is 25.3 Å². The molecule has 2 aromatic carbocycles. The zero-order valence-electron chi connectivity index (χ0n) is 13.7. The third-order valence-corrected chi connectivity index (χ3v) is 3.47. The molecule has 7 nitrogen and oxygen atoms in total. The van der Waals surface area contributed by atoms with Gasteiger partial charge in [0.05, 0.1) is 6.54 Å². The van der Waals surface area contributed by atoms with Crippen LogP contribution in [-0.4, -0.2) is 37.9 Å². The maximum absolute atomic E-state index is 12.2. The van der Waals surface area contributed by atoms with Crippen molar-refractivity contribution in [2.45, 2.75) is 13.5 Å². The number of ether oxygens (including phenoxy) is 1. The summed E-state index contributed by atoms with van der Waals surface area (Å²) in [6.07, 6.45) is -0.468. The number of para-hydroxylation sites is 1. The van der Waals surface area contributed by atoms with Gasteiger partial charge < -0.3 is 9.64 Å². The molecule has 0 N–H and O–H groups in total. The normalized spacial score (nSPS) is 10.3. The Morgan fingerprint density at radius 3 is 2.12 bits per heavy atom. The van der Waals surface area contributed by atoms with Crippen LogP contribution < -0.4 is 4.74 Å². The second-order valence-corrected chi connectivity index (χ2v) is 5.20. The first-order valence-corrected chi connectivity index (χ1v) is 7.89. The molecule has 0 aliphatic carbocycles. The summed E-state index contributed by atoms with van der Waals surface area (Å²) in [7, 11) is 0. The maximum atomic E-state index is 12.2. The summed E-state index contributed by atoms with van der Waals surface area (Å²) in [5.41, 5.74) is 0.838. The summed E-state index contributed by atoms with van der Waals surface area (Å²) in [5.74, 6) is 1.29. The van der Waals surface area contributed by atoms with E-state index in [0.29, 0.717) is 23.9 Å². The molecule has 1 heterocycles. The largest absolute Gasteiger partial charge is 0.415 e. The van der Waals surface area contributed by atoms with Crippen molar-refractivity contribution >= 4 is 6.09 Å². The van der Waals surface area contributed by atoms with Crippen molar-refractivity contribution in [3.05, 3.63) is 66.5 Å². The van der Waals surface area contributed by atoms with Crippen LogP contribution in [0.1, 0.15) is 12.7 Å². The number of carbonyl (C=O) groups is 1. The fraction of sp³-hybridized carbons (Fsp3) is 0.167. The van der Waals surface area contributed by atoms with Crippen molar-refractivity contribution in [3.8, 4) is 17.1 Å². The quantitative estimate of drug-likeness (QED) is 0.713. The number of nitrogens with zero attached hydrogens (tertiary/aromatic N) is 5. The Morgan fingerprint density at radius 2 is 1.52 bits per heavy atom. The van der Waals surface area contributed by atoms with E-state index in [1.807, 2.05) is 43.3 Å². The Balaban J connectivity index is 1.66. The molecule has 25 heavy (non-hydrogen) atoms. The minimum Gasteiger partial charge on any atom is -0.410 e. The van der Waals surface area contributed by atoms with E-state index >= 15 is 0 Å². The highest BCUT2D eigenvalue weighted by molar-refractivity contribution is 5.70.